The van der Waals surface area contributed by atoms with Gasteiger partial charge in [-0.25, -0.2) is 0 Å². The first-order chi connectivity index (χ1) is 13.0. The van der Waals surface area contributed by atoms with Crippen molar-refractivity contribution in [1.29, 1.82) is 0 Å². The maximum absolute atomic E-state index is 11.2. The van der Waals surface area contributed by atoms with Crippen molar-refractivity contribution in [2.45, 2.75) is 88.4 Å². The molecule has 1 aromatic carbocycles. The Labute approximate surface area is 169 Å². The average Bonchev–Trinajstić information content (AvgIpc) is 2.80. The smallest absolute Gasteiger partial charge is 0.494 e. The molecule has 2 unspecified atom stereocenters. The summed E-state index contributed by atoms with van der Waals surface area (Å²) in [6.45, 7) is 8.36. The van der Waals surface area contributed by atoms with Gasteiger partial charge >= 0.3 is 7.12 Å². The molecule has 1 N–H and O–H groups in total. The van der Waals surface area contributed by atoms with Gasteiger partial charge in [-0.1, -0.05) is 12.1 Å². The Morgan fingerprint density at radius 2 is 1.61 bits per heavy atom. The molecular weight excluding hydrogens is 351 g/mol. The van der Waals surface area contributed by atoms with Crippen LogP contribution < -0.4 is 10.2 Å². The van der Waals surface area contributed by atoms with Crippen molar-refractivity contribution in [3.8, 4) is 5.75 Å². The van der Waals surface area contributed by atoms with Crippen LogP contribution in [0.4, 0.5) is 0 Å². The Balaban J connectivity index is 1.55. The molecule has 5 heteroatoms. The molecule has 0 spiro atoms. The minimum Gasteiger partial charge on any atom is -0.496 e. The number of rotatable bonds is 3. The van der Waals surface area contributed by atoms with E-state index in [1.54, 1.807) is 7.11 Å². The third-order valence-electron chi connectivity index (χ3n) is 8.35. The van der Waals surface area contributed by atoms with Crippen molar-refractivity contribution in [1.82, 2.24) is 0 Å². The van der Waals surface area contributed by atoms with Crippen LogP contribution in [-0.4, -0.2) is 36.1 Å². The highest BCUT2D eigenvalue weighted by Crippen LogP contribution is 2.63. The normalized spacial score (nSPS) is 40.1. The fourth-order valence-corrected chi connectivity index (χ4v) is 6.80. The SMILES string of the molecule is COc1ccc(B2OC(C)(C)C(C)(C)O2)cc1C12CC3CC(CC(O)(C3)C1)C2. The van der Waals surface area contributed by atoms with Crippen molar-refractivity contribution >= 4 is 12.6 Å². The number of hydrogen-bond donors (Lipinski definition) is 1. The van der Waals surface area contributed by atoms with Crippen LogP contribution in [0.2, 0.25) is 0 Å². The van der Waals surface area contributed by atoms with Gasteiger partial charge in [0.1, 0.15) is 5.75 Å². The fourth-order valence-electron chi connectivity index (χ4n) is 6.80. The molecule has 5 fully saturated rings. The lowest BCUT2D eigenvalue weighted by Crippen LogP contribution is -2.57. The van der Waals surface area contributed by atoms with Gasteiger partial charge in [0.2, 0.25) is 0 Å². The van der Waals surface area contributed by atoms with Gasteiger partial charge < -0.3 is 19.2 Å². The molecule has 4 nitrogen and oxygen atoms in total. The second-order valence-corrected chi connectivity index (χ2v) is 11.0. The predicted molar refractivity (Wildman–Crippen MR) is 110 cm³/mol. The van der Waals surface area contributed by atoms with E-state index in [2.05, 4.69) is 45.9 Å². The number of ether oxygens (including phenoxy) is 1. The Hall–Kier alpha value is -1.04. The molecule has 2 atom stereocenters. The molecule has 4 saturated carbocycles. The highest BCUT2D eigenvalue weighted by molar-refractivity contribution is 6.62. The van der Waals surface area contributed by atoms with Gasteiger partial charge in [-0.2, -0.15) is 0 Å². The van der Waals surface area contributed by atoms with Crippen LogP contribution in [0.1, 0.15) is 71.8 Å². The molecule has 152 valence electrons. The molecule has 28 heavy (non-hydrogen) atoms. The summed E-state index contributed by atoms with van der Waals surface area (Å²) in [6.07, 6.45) is 6.42. The van der Waals surface area contributed by atoms with Crippen molar-refractivity contribution < 1.29 is 19.2 Å². The number of methoxy groups -OCH3 is 1. The highest BCUT2D eigenvalue weighted by Gasteiger charge is 2.59. The first kappa shape index (κ1) is 19.0. The van der Waals surface area contributed by atoms with E-state index in [0.29, 0.717) is 11.8 Å². The summed E-state index contributed by atoms with van der Waals surface area (Å²) in [5, 5.41) is 11.2. The molecule has 1 heterocycles. The zero-order valence-electron chi connectivity index (χ0n) is 17.9. The van der Waals surface area contributed by atoms with Crippen molar-refractivity contribution in [2.75, 3.05) is 7.11 Å². The van der Waals surface area contributed by atoms with Gasteiger partial charge in [0.15, 0.2) is 0 Å². The summed E-state index contributed by atoms with van der Waals surface area (Å²) in [4.78, 5) is 0. The molecule has 5 aliphatic rings. The van der Waals surface area contributed by atoms with E-state index < -0.39 is 5.60 Å². The van der Waals surface area contributed by atoms with Crippen LogP contribution in [-0.2, 0) is 14.7 Å². The first-order valence-electron chi connectivity index (χ1n) is 10.8. The van der Waals surface area contributed by atoms with Crippen molar-refractivity contribution in [3.05, 3.63) is 23.8 Å². The number of hydrogen-bond acceptors (Lipinski definition) is 4. The summed E-state index contributed by atoms with van der Waals surface area (Å²) in [5.74, 6) is 2.21. The first-order valence-corrected chi connectivity index (χ1v) is 10.8. The van der Waals surface area contributed by atoms with Gasteiger partial charge in [-0.15, -0.1) is 0 Å². The van der Waals surface area contributed by atoms with Crippen LogP contribution in [0.3, 0.4) is 0 Å². The van der Waals surface area contributed by atoms with E-state index in [1.807, 2.05) is 0 Å². The van der Waals surface area contributed by atoms with Crippen LogP contribution >= 0.6 is 0 Å². The van der Waals surface area contributed by atoms with Gasteiger partial charge in [0, 0.05) is 11.0 Å². The number of aliphatic hydroxyl groups is 1. The Morgan fingerprint density at radius 3 is 2.14 bits per heavy atom. The largest absolute Gasteiger partial charge is 0.496 e. The summed E-state index contributed by atoms with van der Waals surface area (Å²) in [7, 11) is 1.38. The van der Waals surface area contributed by atoms with E-state index in [4.69, 9.17) is 14.0 Å². The second-order valence-electron chi connectivity index (χ2n) is 11.0. The van der Waals surface area contributed by atoms with Crippen LogP contribution in [0.25, 0.3) is 0 Å². The molecule has 1 aromatic rings. The number of benzene rings is 1. The van der Waals surface area contributed by atoms with Gasteiger partial charge in [0.25, 0.3) is 0 Å². The predicted octanol–water partition coefficient (Wildman–Crippen LogP) is 3.58. The van der Waals surface area contributed by atoms with E-state index in [9.17, 15) is 5.11 Å². The molecule has 0 amide bonds. The van der Waals surface area contributed by atoms with Gasteiger partial charge in [-0.05, 0) is 89.6 Å². The van der Waals surface area contributed by atoms with Crippen LogP contribution in [0, 0.1) is 11.8 Å². The molecule has 6 rings (SSSR count). The monoisotopic (exact) mass is 384 g/mol. The molecule has 1 aliphatic heterocycles. The maximum Gasteiger partial charge on any atom is 0.494 e. The van der Waals surface area contributed by atoms with E-state index in [1.165, 1.54) is 12.0 Å². The summed E-state index contributed by atoms with van der Waals surface area (Å²) >= 11 is 0. The van der Waals surface area contributed by atoms with E-state index in [0.717, 1.165) is 43.3 Å². The molecule has 4 aliphatic carbocycles. The Morgan fingerprint density at radius 1 is 1.00 bits per heavy atom. The van der Waals surface area contributed by atoms with Crippen molar-refractivity contribution in [3.63, 3.8) is 0 Å². The van der Waals surface area contributed by atoms with E-state index >= 15 is 0 Å². The molecule has 1 saturated heterocycles. The quantitative estimate of drug-likeness (QED) is 0.810. The summed E-state index contributed by atoms with van der Waals surface area (Å²) < 4.78 is 18.4. The minimum atomic E-state index is -0.491. The molecule has 0 aromatic heterocycles. The fraction of sp³-hybridized carbons (Fsp3) is 0.739. The molecule has 4 bridgehead atoms. The lowest BCUT2D eigenvalue weighted by molar-refractivity contribution is -0.137. The summed E-state index contributed by atoms with van der Waals surface area (Å²) in [6, 6.07) is 6.38. The van der Waals surface area contributed by atoms with Crippen LogP contribution in [0.5, 0.6) is 5.75 Å². The zero-order valence-corrected chi connectivity index (χ0v) is 17.9. The van der Waals surface area contributed by atoms with Gasteiger partial charge in [-0.3, -0.25) is 0 Å². The van der Waals surface area contributed by atoms with E-state index in [-0.39, 0.29) is 23.7 Å². The Bertz CT molecular complexity index is 772. The minimum absolute atomic E-state index is 0.0177. The van der Waals surface area contributed by atoms with Crippen molar-refractivity contribution in [2.24, 2.45) is 11.8 Å². The van der Waals surface area contributed by atoms with Gasteiger partial charge in [0.05, 0.1) is 23.9 Å². The molecule has 0 radical (unpaired) electrons. The lowest BCUT2D eigenvalue weighted by atomic mass is 9.46. The standard InChI is InChI=1S/C23H33BO4/c1-20(2)21(3,4)28-24(27-20)17-6-7-19(26-5)18(9-17)22-10-15-8-16(11-22)13-23(25,12-15)14-22/h6-7,9,15-16,25H,8,10-14H2,1-5H3. The summed E-state index contributed by atoms with van der Waals surface area (Å²) in [5.41, 5.74) is 1.12. The topological polar surface area (TPSA) is 47.9 Å². The second kappa shape index (κ2) is 5.77. The third kappa shape index (κ3) is 2.69. The maximum atomic E-state index is 11.2. The lowest BCUT2D eigenvalue weighted by Gasteiger charge is -2.60. The van der Waals surface area contributed by atoms with Crippen LogP contribution in [0.15, 0.2) is 18.2 Å². The Kier molecular flexibility index (Phi) is 3.91. The third-order valence-corrected chi connectivity index (χ3v) is 8.35. The highest BCUT2D eigenvalue weighted by atomic mass is 16.7. The average molecular weight is 384 g/mol. The zero-order chi connectivity index (χ0) is 19.9. The molecular formula is C23H33BO4.